The van der Waals surface area contributed by atoms with E-state index in [2.05, 4.69) is 4.98 Å². The van der Waals surface area contributed by atoms with Crippen molar-refractivity contribution in [2.45, 2.75) is 31.3 Å². The highest BCUT2D eigenvalue weighted by molar-refractivity contribution is 7.09. The highest BCUT2D eigenvalue weighted by Gasteiger charge is 2.27. The van der Waals surface area contributed by atoms with Gasteiger partial charge >= 0.3 is 0 Å². The minimum Gasteiger partial charge on any atom is -0.388 e. The van der Waals surface area contributed by atoms with E-state index in [1.165, 1.54) is 0 Å². The molecule has 0 saturated carbocycles. The summed E-state index contributed by atoms with van der Waals surface area (Å²) in [6.45, 7) is 1.50. The van der Waals surface area contributed by atoms with Crippen molar-refractivity contribution in [3.8, 4) is 0 Å². The van der Waals surface area contributed by atoms with Crippen molar-refractivity contribution >= 4 is 17.2 Å². The Morgan fingerprint density at radius 2 is 2.23 bits per heavy atom. The van der Waals surface area contributed by atoms with Crippen molar-refractivity contribution < 1.29 is 9.90 Å². The van der Waals surface area contributed by atoms with Crippen LogP contribution in [0.1, 0.15) is 41.9 Å². The van der Waals surface area contributed by atoms with Gasteiger partial charge in [0.15, 0.2) is 0 Å². The number of hydrogen-bond acceptors (Lipinski definition) is 4. The molecule has 0 radical (unpaired) electrons. The molecule has 5 heteroatoms. The van der Waals surface area contributed by atoms with E-state index in [0.29, 0.717) is 12.5 Å². The highest BCUT2D eigenvalue weighted by atomic mass is 32.1. The molecule has 116 valence electrons. The van der Waals surface area contributed by atoms with Crippen LogP contribution in [0, 0.1) is 0 Å². The van der Waals surface area contributed by atoms with E-state index in [0.717, 1.165) is 30.0 Å². The number of amides is 1. The Morgan fingerprint density at radius 1 is 1.41 bits per heavy atom. The van der Waals surface area contributed by atoms with Crippen LogP contribution >= 0.6 is 11.3 Å². The molecule has 4 nitrogen and oxygen atoms in total. The molecule has 22 heavy (non-hydrogen) atoms. The topological polar surface area (TPSA) is 53.4 Å². The molecule has 0 aliphatic carbocycles. The number of piperidine rings is 1. The molecule has 2 heterocycles. The van der Waals surface area contributed by atoms with Gasteiger partial charge in [0, 0.05) is 30.6 Å². The molecule has 1 aromatic heterocycles. The van der Waals surface area contributed by atoms with Crippen LogP contribution in [0.5, 0.6) is 0 Å². The van der Waals surface area contributed by atoms with Crippen molar-refractivity contribution in [2.75, 3.05) is 13.1 Å². The minimum absolute atomic E-state index is 0.0256. The summed E-state index contributed by atoms with van der Waals surface area (Å²) in [7, 11) is 0. The second-order valence-corrected chi connectivity index (χ2v) is 6.61. The van der Waals surface area contributed by atoms with Crippen LogP contribution in [0.4, 0.5) is 0 Å². The van der Waals surface area contributed by atoms with Crippen LogP contribution in [-0.2, 0) is 4.79 Å². The van der Waals surface area contributed by atoms with E-state index < -0.39 is 6.10 Å². The summed E-state index contributed by atoms with van der Waals surface area (Å²) in [5.41, 5.74) is 0.796. The van der Waals surface area contributed by atoms with Crippen LogP contribution in [-0.4, -0.2) is 34.0 Å². The Hall–Kier alpha value is -1.72. The van der Waals surface area contributed by atoms with Crippen molar-refractivity contribution in [1.82, 2.24) is 9.88 Å². The largest absolute Gasteiger partial charge is 0.388 e. The lowest BCUT2D eigenvalue weighted by molar-refractivity contribution is -0.134. The van der Waals surface area contributed by atoms with Gasteiger partial charge in [0.2, 0.25) is 5.91 Å². The Balaban J connectivity index is 1.60. The SMILES string of the molecule is O=C(CC(O)c1ccccc1)N1CCCC(c2nccs2)C1. The second-order valence-electron chi connectivity index (χ2n) is 5.68. The van der Waals surface area contributed by atoms with Crippen molar-refractivity contribution in [3.63, 3.8) is 0 Å². The third-order valence-corrected chi connectivity index (χ3v) is 5.07. The summed E-state index contributed by atoms with van der Waals surface area (Å²) in [4.78, 5) is 18.7. The Morgan fingerprint density at radius 3 is 2.95 bits per heavy atom. The van der Waals surface area contributed by atoms with Gasteiger partial charge in [-0.25, -0.2) is 4.98 Å². The fourth-order valence-electron chi connectivity index (χ4n) is 2.93. The summed E-state index contributed by atoms with van der Waals surface area (Å²) in [5.74, 6) is 0.365. The van der Waals surface area contributed by atoms with E-state index in [1.54, 1.807) is 11.3 Å². The molecule has 1 aliphatic rings. The van der Waals surface area contributed by atoms with E-state index in [-0.39, 0.29) is 12.3 Å². The van der Waals surface area contributed by atoms with E-state index in [9.17, 15) is 9.90 Å². The van der Waals surface area contributed by atoms with Gasteiger partial charge in [0.25, 0.3) is 0 Å². The number of benzene rings is 1. The number of aliphatic hydroxyl groups is 1. The number of carbonyl (C=O) groups is 1. The molecule has 2 aromatic rings. The molecule has 2 unspecified atom stereocenters. The molecule has 3 rings (SSSR count). The number of carbonyl (C=O) groups excluding carboxylic acids is 1. The zero-order valence-electron chi connectivity index (χ0n) is 12.4. The number of hydrogen-bond donors (Lipinski definition) is 1. The standard InChI is InChI=1S/C17H20N2O2S/c20-15(13-5-2-1-3-6-13)11-16(21)19-9-4-7-14(12-19)17-18-8-10-22-17/h1-3,5-6,8,10,14-15,20H,4,7,9,11-12H2. The van der Waals surface area contributed by atoms with Crippen molar-refractivity contribution in [1.29, 1.82) is 0 Å². The monoisotopic (exact) mass is 316 g/mol. The van der Waals surface area contributed by atoms with Crippen molar-refractivity contribution in [3.05, 3.63) is 52.5 Å². The van der Waals surface area contributed by atoms with E-state index in [4.69, 9.17) is 0 Å². The quantitative estimate of drug-likeness (QED) is 0.943. The number of rotatable bonds is 4. The number of aliphatic hydroxyl groups excluding tert-OH is 1. The smallest absolute Gasteiger partial charge is 0.225 e. The van der Waals surface area contributed by atoms with Gasteiger partial charge in [-0.15, -0.1) is 11.3 Å². The Kier molecular flexibility index (Phi) is 4.85. The van der Waals surface area contributed by atoms with Gasteiger partial charge in [-0.1, -0.05) is 30.3 Å². The lowest BCUT2D eigenvalue weighted by Crippen LogP contribution is -2.39. The summed E-state index contributed by atoms with van der Waals surface area (Å²) in [6, 6.07) is 9.37. The Labute approximate surface area is 134 Å². The number of likely N-dealkylation sites (tertiary alicyclic amines) is 1. The summed E-state index contributed by atoms with van der Waals surface area (Å²) >= 11 is 1.66. The van der Waals surface area contributed by atoms with Gasteiger partial charge in [-0.3, -0.25) is 4.79 Å². The fourth-order valence-corrected chi connectivity index (χ4v) is 3.70. The van der Waals surface area contributed by atoms with Crippen LogP contribution in [0.15, 0.2) is 41.9 Å². The van der Waals surface area contributed by atoms with Crippen LogP contribution in [0.2, 0.25) is 0 Å². The lowest BCUT2D eigenvalue weighted by Gasteiger charge is -2.32. The predicted molar refractivity (Wildman–Crippen MR) is 86.7 cm³/mol. The average Bonchev–Trinajstić information content (AvgIpc) is 3.10. The first-order valence-electron chi connectivity index (χ1n) is 7.64. The lowest BCUT2D eigenvalue weighted by atomic mass is 9.97. The molecule has 1 fully saturated rings. The van der Waals surface area contributed by atoms with E-state index in [1.807, 2.05) is 46.8 Å². The molecule has 0 bridgehead atoms. The van der Waals surface area contributed by atoms with Gasteiger partial charge in [0.1, 0.15) is 0 Å². The maximum Gasteiger partial charge on any atom is 0.225 e. The van der Waals surface area contributed by atoms with Gasteiger partial charge in [-0.05, 0) is 18.4 Å². The maximum absolute atomic E-state index is 12.4. The van der Waals surface area contributed by atoms with E-state index >= 15 is 0 Å². The predicted octanol–water partition coefficient (Wildman–Crippen LogP) is 2.97. The zero-order valence-corrected chi connectivity index (χ0v) is 13.2. The average molecular weight is 316 g/mol. The number of aromatic nitrogens is 1. The molecule has 1 saturated heterocycles. The summed E-state index contributed by atoms with van der Waals surface area (Å²) < 4.78 is 0. The van der Waals surface area contributed by atoms with Gasteiger partial charge in [0.05, 0.1) is 17.5 Å². The molecular formula is C17H20N2O2S. The summed E-state index contributed by atoms with van der Waals surface area (Å²) in [5, 5.41) is 13.3. The minimum atomic E-state index is -0.728. The first kappa shape index (κ1) is 15.2. The molecule has 1 N–H and O–H groups in total. The van der Waals surface area contributed by atoms with Crippen LogP contribution in [0.25, 0.3) is 0 Å². The van der Waals surface area contributed by atoms with Crippen molar-refractivity contribution in [2.24, 2.45) is 0 Å². The second kappa shape index (κ2) is 7.03. The summed E-state index contributed by atoms with van der Waals surface area (Å²) in [6.07, 6.45) is 3.32. The first-order chi connectivity index (χ1) is 10.7. The van der Waals surface area contributed by atoms with Crippen LogP contribution in [0.3, 0.4) is 0 Å². The van der Waals surface area contributed by atoms with Crippen LogP contribution < -0.4 is 0 Å². The molecular weight excluding hydrogens is 296 g/mol. The van der Waals surface area contributed by atoms with Gasteiger partial charge in [-0.2, -0.15) is 0 Å². The normalized spacial score (nSPS) is 19.9. The maximum atomic E-state index is 12.4. The first-order valence-corrected chi connectivity index (χ1v) is 8.52. The molecule has 0 spiro atoms. The highest BCUT2D eigenvalue weighted by Crippen LogP contribution is 2.29. The Bertz CT molecular complexity index is 600. The molecule has 1 amide bonds. The molecule has 1 aliphatic heterocycles. The van der Waals surface area contributed by atoms with Gasteiger partial charge < -0.3 is 10.0 Å². The third-order valence-electron chi connectivity index (χ3n) is 4.13. The zero-order chi connectivity index (χ0) is 15.4. The number of nitrogens with zero attached hydrogens (tertiary/aromatic N) is 2. The third kappa shape index (κ3) is 3.54. The fraction of sp³-hybridized carbons (Fsp3) is 0.412. The number of thiazole rings is 1. The molecule has 1 aromatic carbocycles. The molecule has 2 atom stereocenters.